The molecule has 2 nitrogen and oxygen atoms in total. The average molecular weight is 336 g/mol. The summed E-state index contributed by atoms with van der Waals surface area (Å²) in [5.41, 5.74) is 1.35. The highest BCUT2D eigenvalue weighted by atomic mass is 32.2. The first kappa shape index (κ1) is 16.5. The van der Waals surface area contributed by atoms with Crippen molar-refractivity contribution in [2.75, 3.05) is 12.4 Å². The number of thioether (sulfide) groups is 1. The van der Waals surface area contributed by atoms with Gasteiger partial charge >= 0.3 is 0 Å². The van der Waals surface area contributed by atoms with Gasteiger partial charge < -0.3 is 9.47 Å². The smallest absolute Gasteiger partial charge is 0.127 e. The molecule has 0 fully saturated rings. The molecular formula is C21H20O2S. The van der Waals surface area contributed by atoms with Crippen molar-refractivity contribution in [3.05, 3.63) is 90.5 Å². The van der Waals surface area contributed by atoms with Gasteiger partial charge in [-0.25, -0.2) is 0 Å². The summed E-state index contributed by atoms with van der Waals surface area (Å²) in [6.07, 6.45) is 0. The van der Waals surface area contributed by atoms with Gasteiger partial charge in [0.25, 0.3) is 0 Å². The summed E-state index contributed by atoms with van der Waals surface area (Å²) in [5, 5.41) is 0. The van der Waals surface area contributed by atoms with E-state index in [1.165, 1.54) is 5.56 Å². The summed E-state index contributed by atoms with van der Waals surface area (Å²) in [6.45, 7) is 0.705. The lowest BCUT2D eigenvalue weighted by Crippen LogP contribution is -2.00. The normalized spacial score (nSPS) is 10.3. The van der Waals surface area contributed by atoms with Crippen LogP contribution < -0.4 is 9.47 Å². The molecule has 3 aromatic rings. The fourth-order valence-electron chi connectivity index (χ4n) is 2.21. The molecule has 0 radical (unpaired) electrons. The maximum Gasteiger partial charge on any atom is 0.127 e. The van der Waals surface area contributed by atoms with Crippen LogP contribution in [0.25, 0.3) is 0 Å². The molecule has 0 aliphatic carbocycles. The summed E-state index contributed by atoms with van der Waals surface area (Å²) in [5.74, 6) is 4.51. The molecule has 0 aromatic heterocycles. The molecule has 0 saturated heterocycles. The van der Waals surface area contributed by atoms with Crippen LogP contribution in [0.5, 0.6) is 17.2 Å². The number of benzene rings is 3. The molecular weight excluding hydrogens is 316 g/mol. The van der Waals surface area contributed by atoms with Gasteiger partial charge in [0.05, 0.1) is 6.61 Å². The van der Waals surface area contributed by atoms with E-state index in [-0.39, 0.29) is 0 Å². The number of ether oxygens (including phenoxy) is 2. The maximum absolute atomic E-state index is 5.77. The molecule has 3 aromatic carbocycles. The molecule has 0 atom stereocenters. The maximum atomic E-state index is 5.77. The van der Waals surface area contributed by atoms with E-state index in [4.69, 9.17) is 9.47 Å². The second-order valence-corrected chi connectivity index (χ2v) is 6.38. The Bertz CT molecular complexity index is 712. The predicted octanol–water partition coefficient (Wildman–Crippen LogP) is 5.79. The minimum Gasteiger partial charge on any atom is -0.493 e. The van der Waals surface area contributed by atoms with E-state index >= 15 is 0 Å². The number of hydrogen-bond donors (Lipinski definition) is 0. The third kappa shape index (κ3) is 5.36. The first-order chi connectivity index (χ1) is 11.9. The van der Waals surface area contributed by atoms with Crippen LogP contribution in [0.1, 0.15) is 5.56 Å². The van der Waals surface area contributed by atoms with Gasteiger partial charge in [0.1, 0.15) is 17.2 Å². The Morgan fingerprint density at radius 2 is 1.21 bits per heavy atom. The highest BCUT2D eigenvalue weighted by Gasteiger charge is 1.99. The topological polar surface area (TPSA) is 18.5 Å². The van der Waals surface area contributed by atoms with E-state index < -0.39 is 0 Å². The second-order valence-electron chi connectivity index (χ2n) is 5.27. The van der Waals surface area contributed by atoms with E-state index in [0.29, 0.717) is 6.61 Å². The van der Waals surface area contributed by atoms with Gasteiger partial charge in [-0.1, -0.05) is 48.5 Å². The molecule has 0 aliphatic rings. The van der Waals surface area contributed by atoms with Crippen LogP contribution in [-0.2, 0) is 5.75 Å². The molecule has 0 aliphatic heterocycles. The lowest BCUT2D eigenvalue weighted by atomic mass is 10.2. The van der Waals surface area contributed by atoms with Crippen molar-refractivity contribution in [1.29, 1.82) is 0 Å². The Kier molecular flexibility index (Phi) is 6.20. The van der Waals surface area contributed by atoms with Crippen molar-refractivity contribution in [3.63, 3.8) is 0 Å². The molecule has 0 unspecified atom stereocenters. The Morgan fingerprint density at radius 1 is 0.625 bits per heavy atom. The molecule has 0 N–H and O–H groups in total. The third-order valence-electron chi connectivity index (χ3n) is 3.41. The predicted molar refractivity (Wildman–Crippen MR) is 101 cm³/mol. The van der Waals surface area contributed by atoms with Crippen LogP contribution in [0.2, 0.25) is 0 Å². The molecule has 0 amide bonds. The summed E-state index contributed by atoms with van der Waals surface area (Å²) >= 11 is 1.88. The molecule has 0 heterocycles. The van der Waals surface area contributed by atoms with Crippen LogP contribution in [0, 0.1) is 0 Å². The summed E-state index contributed by atoms with van der Waals surface area (Å²) in [7, 11) is 0. The van der Waals surface area contributed by atoms with E-state index in [0.717, 1.165) is 28.8 Å². The van der Waals surface area contributed by atoms with Gasteiger partial charge in [0.2, 0.25) is 0 Å². The number of rotatable bonds is 8. The van der Waals surface area contributed by atoms with Gasteiger partial charge in [0, 0.05) is 11.5 Å². The Morgan fingerprint density at radius 3 is 1.92 bits per heavy atom. The molecule has 122 valence electrons. The minimum atomic E-state index is 0.705. The second kappa shape index (κ2) is 9.04. The summed E-state index contributed by atoms with van der Waals surface area (Å²) in [6, 6.07) is 28.0. The largest absolute Gasteiger partial charge is 0.493 e. The van der Waals surface area contributed by atoms with Gasteiger partial charge in [-0.3, -0.25) is 0 Å². The van der Waals surface area contributed by atoms with Crippen LogP contribution in [0.4, 0.5) is 0 Å². The van der Waals surface area contributed by atoms with Crippen LogP contribution in [-0.4, -0.2) is 12.4 Å². The van der Waals surface area contributed by atoms with E-state index in [1.807, 2.05) is 72.4 Å². The van der Waals surface area contributed by atoms with Crippen molar-refractivity contribution in [2.45, 2.75) is 5.75 Å². The molecule has 0 bridgehead atoms. The SMILES string of the molecule is c1ccc(CSCCOc2ccc(Oc3ccccc3)cc2)cc1. The fraction of sp³-hybridized carbons (Fsp3) is 0.143. The van der Waals surface area contributed by atoms with Gasteiger partial charge in [-0.2, -0.15) is 11.8 Å². The summed E-state index contributed by atoms with van der Waals surface area (Å²) < 4.78 is 11.5. The zero-order valence-electron chi connectivity index (χ0n) is 13.4. The van der Waals surface area contributed by atoms with Crippen molar-refractivity contribution in [1.82, 2.24) is 0 Å². The average Bonchev–Trinajstić information content (AvgIpc) is 2.65. The van der Waals surface area contributed by atoms with Crippen molar-refractivity contribution >= 4 is 11.8 Å². The van der Waals surface area contributed by atoms with E-state index in [1.54, 1.807) is 0 Å². The van der Waals surface area contributed by atoms with Crippen LogP contribution >= 0.6 is 11.8 Å². The lowest BCUT2D eigenvalue weighted by molar-refractivity contribution is 0.343. The van der Waals surface area contributed by atoms with Crippen LogP contribution in [0.3, 0.4) is 0 Å². The minimum absolute atomic E-state index is 0.705. The standard InChI is InChI=1S/C21H20O2S/c1-3-7-18(8-4-1)17-24-16-15-22-19-11-13-21(14-12-19)23-20-9-5-2-6-10-20/h1-14H,15-17H2. The lowest BCUT2D eigenvalue weighted by Gasteiger charge is -2.08. The van der Waals surface area contributed by atoms with Gasteiger partial charge in [-0.15, -0.1) is 0 Å². The van der Waals surface area contributed by atoms with Crippen molar-refractivity contribution in [3.8, 4) is 17.2 Å². The van der Waals surface area contributed by atoms with Crippen molar-refractivity contribution < 1.29 is 9.47 Å². The van der Waals surface area contributed by atoms with Crippen molar-refractivity contribution in [2.24, 2.45) is 0 Å². The molecule has 0 spiro atoms. The zero-order chi connectivity index (χ0) is 16.5. The Balaban J connectivity index is 1.38. The van der Waals surface area contributed by atoms with Gasteiger partial charge in [-0.05, 0) is 42.0 Å². The molecule has 0 saturated carbocycles. The third-order valence-corrected chi connectivity index (χ3v) is 4.40. The first-order valence-electron chi connectivity index (χ1n) is 7.97. The fourth-order valence-corrected chi connectivity index (χ4v) is 2.98. The highest BCUT2D eigenvalue weighted by molar-refractivity contribution is 7.98. The number of para-hydroxylation sites is 1. The highest BCUT2D eigenvalue weighted by Crippen LogP contribution is 2.23. The van der Waals surface area contributed by atoms with Gasteiger partial charge in [0.15, 0.2) is 0 Å². The quantitative estimate of drug-likeness (QED) is 0.485. The first-order valence-corrected chi connectivity index (χ1v) is 9.13. The van der Waals surface area contributed by atoms with Crippen LogP contribution in [0.15, 0.2) is 84.9 Å². The Labute approximate surface area is 147 Å². The zero-order valence-corrected chi connectivity index (χ0v) is 14.2. The monoisotopic (exact) mass is 336 g/mol. The molecule has 24 heavy (non-hydrogen) atoms. The van der Waals surface area contributed by atoms with E-state index in [2.05, 4.69) is 24.3 Å². The van der Waals surface area contributed by atoms with E-state index in [9.17, 15) is 0 Å². The molecule has 3 rings (SSSR count). The summed E-state index contributed by atoms with van der Waals surface area (Å²) in [4.78, 5) is 0. The number of hydrogen-bond acceptors (Lipinski definition) is 3. The Hall–Kier alpha value is -2.39. The molecule has 3 heteroatoms.